The summed E-state index contributed by atoms with van der Waals surface area (Å²) in [5, 5.41) is 2.51. The number of piperazine rings is 1. The molecule has 0 aliphatic carbocycles. The number of likely N-dealkylation sites (N-methyl/N-ethyl adjacent to an activating group) is 1. The van der Waals surface area contributed by atoms with E-state index in [1.54, 1.807) is 4.90 Å². The number of nitrogens with zero attached hydrogens (tertiary/aromatic N) is 6. The highest BCUT2D eigenvalue weighted by Crippen LogP contribution is 2.36. The van der Waals surface area contributed by atoms with Crippen LogP contribution in [0.15, 0.2) is 48.8 Å². The van der Waals surface area contributed by atoms with Gasteiger partial charge in [-0.25, -0.2) is 4.39 Å². The molecule has 0 radical (unpaired) electrons. The van der Waals surface area contributed by atoms with Crippen molar-refractivity contribution in [3.8, 4) is 6.01 Å². The normalized spacial score (nSPS) is 21.3. The first-order chi connectivity index (χ1) is 19.8. The molecule has 1 amide bonds. The number of aryl methyl sites for hydroxylation is 1. The Morgan fingerprint density at radius 2 is 1.90 bits per heavy atom. The van der Waals surface area contributed by atoms with E-state index < -0.39 is 11.7 Å². The van der Waals surface area contributed by atoms with E-state index in [0.29, 0.717) is 44.8 Å². The Labute approximate surface area is 241 Å². The number of fused-ring (bicyclic) bond motifs is 2. The number of benzene rings is 2. The Kier molecular flexibility index (Phi) is 7.55. The van der Waals surface area contributed by atoms with E-state index >= 15 is 0 Å². The Bertz CT molecular complexity index is 1470. The number of amides is 1. The van der Waals surface area contributed by atoms with E-state index in [1.165, 1.54) is 28.4 Å². The SMILES string of the molecule is C=C(F)C(=O)N1CCN(c2nc(OC[C@@H]3CCCN3C)nc3c2CCN(c2cccc4cccc(C)c24)C3)C[C@@H]1C. The molecule has 2 aromatic carbocycles. The van der Waals surface area contributed by atoms with Gasteiger partial charge in [0.2, 0.25) is 0 Å². The number of hydrogen-bond acceptors (Lipinski definition) is 7. The molecular weight excluding hydrogens is 519 g/mol. The van der Waals surface area contributed by atoms with Crippen LogP contribution < -0.4 is 14.5 Å². The van der Waals surface area contributed by atoms with E-state index in [4.69, 9.17) is 14.7 Å². The molecule has 2 saturated heterocycles. The maximum Gasteiger partial charge on any atom is 0.318 e. The average molecular weight is 559 g/mol. The van der Waals surface area contributed by atoms with Crippen LogP contribution in [0, 0.1) is 6.92 Å². The first kappa shape index (κ1) is 27.4. The zero-order valence-corrected chi connectivity index (χ0v) is 24.3. The standard InChI is InChI=1S/C32H39FN6O2/c1-21-8-5-9-24-10-6-12-28(29(21)24)37-15-13-26-27(19-37)34-32(41-20-25-11-7-14-36(25)4)35-30(26)38-16-17-39(22(2)18-38)31(40)23(3)33/h5-6,8-10,12,22,25H,3,7,11,13-20H2,1-2,4H3/t22-,25-/m0/s1. The van der Waals surface area contributed by atoms with Gasteiger partial charge in [0, 0.05) is 54.9 Å². The van der Waals surface area contributed by atoms with E-state index in [1.807, 2.05) is 6.92 Å². The van der Waals surface area contributed by atoms with Gasteiger partial charge in [-0.15, -0.1) is 0 Å². The van der Waals surface area contributed by atoms with Crippen molar-refractivity contribution in [2.24, 2.45) is 0 Å². The van der Waals surface area contributed by atoms with Gasteiger partial charge in [0.1, 0.15) is 12.4 Å². The first-order valence-corrected chi connectivity index (χ1v) is 14.7. The Morgan fingerprint density at radius 3 is 2.63 bits per heavy atom. The molecule has 2 atom stereocenters. The molecule has 6 rings (SSSR count). The van der Waals surface area contributed by atoms with Crippen LogP contribution in [0.3, 0.4) is 0 Å². The summed E-state index contributed by atoms with van der Waals surface area (Å²) in [6.45, 7) is 12.0. The summed E-state index contributed by atoms with van der Waals surface area (Å²) in [7, 11) is 2.14. The van der Waals surface area contributed by atoms with Gasteiger partial charge in [0.15, 0.2) is 5.83 Å². The minimum absolute atomic E-state index is 0.176. The number of likely N-dealkylation sites (tertiary alicyclic amines) is 1. The maximum atomic E-state index is 13.6. The summed E-state index contributed by atoms with van der Waals surface area (Å²) in [6, 6.07) is 13.5. The van der Waals surface area contributed by atoms with Gasteiger partial charge < -0.3 is 24.3 Å². The van der Waals surface area contributed by atoms with Crippen LogP contribution in [0.5, 0.6) is 6.01 Å². The number of ether oxygens (including phenoxy) is 1. The second-order valence-electron chi connectivity index (χ2n) is 11.7. The second kappa shape index (κ2) is 11.3. The molecule has 8 nitrogen and oxygen atoms in total. The van der Waals surface area contributed by atoms with Crippen molar-refractivity contribution < 1.29 is 13.9 Å². The van der Waals surface area contributed by atoms with Gasteiger partial charge in [0.05, 0.1) is 12.2 Å². The fraction of sp³-hybridized carbons (Fsp3) is 0.469. The van der Waals surface area contributed by atoms with E-state index in [9.17, 15) is 9.18 Å². The number of aromatic nitrogens is 2. The minimum atomic E-state index is -0.916. The molecule has 0 saturated carbocycles. The topological polar surface area (TPSA) is 65.0 Å². The van der Waals surface area contributed by atoms with Crippen molar-refractivity contribution >= 4 is 28.2 Å². The monoisotopic (exact) mass is 558 g/mol. The first-order valence-electron chi connectivity index (χ1n) is 14.7. The van der Waals surface area contributed by atoms with Gasteiger partial charge in [-0.3, -0.25) is 4.79 Å². The quantitative estimate of drug-likeness (QED) is 0.413. The van der Waals surface area contributed by atoms with Crippen LogP contribution >= 0.6 is 0 Å². The van der Waals surface area contributed by atoms with E-state index in [-0.39, 0.29) is 6.04 Å². The molecule has 216 valence electrons. The molecule has 0 unspecified atom stereocenters. The van der Waals surface area contributed by atoms with Crippen molar-refractivity contribution in [1.29, 1.82) is 0 Å². The van der Waals surface area contributed by atoms with Gasteiger partial charge in [-0.1, -0.05) is 36.9 Å². The Morgan fingerprint density at radius 1 is 1.10 bits per heavy atom. The number of carbonyl (C=O) groups excluding carboxylic acids is 1. The predicted molar refractivity (Wildman–Crippen MR) is 160 cm³/mol. The molecule has 1 aromatic heterocycles. The highest BCUT2D eigenvalue weighted by molar-refractivity contribution is 5.97. The van der Waals surface area contributed by atoms with Gasteiger partial charge in [-0.2, -0.15) is 9.97 Å². The summed E-state index contributed by atoms with van der Waals surface area (Å²) in [4.78, 5) is 30.8. The third-order valence-electron chi connectivity index (χ3n) is 8.95. The maximum absolute atomic E-state index is 13.6. The van der Waals surface area contributed by atoms with Crippen LogP contribution in [0.2, 0.25) is 0 Å². The lowest BCUT2D eigenvalue weighted by atomic mass is 9.99. The van der Waals surface area contributed by atoms with Crippen LogP contribution in [-0.2, 0) is 17.8 Å². The molecule has 4 heterocycles. The number of halogens is 1. The average Bonchev–Trinajstić information content (AvgIpc) is 3.39. The number of rotatable bonds is 6. The third kappa shape index (κ3) is 5.35. The van der Waals surface area contributed by atoms with Gasteiger partial charge in [0.25, 0.3) is 5.91 Å². The summed E-state index contributed by atoms with van der Waals surface area (Å²) in [5.74, 6) is -0.676. The van der Waals surface area contributed by atoms with E-state index in [0.717, 1.165) is 43.0 Å². The zero-order chi connectivity index (χ0) is 28.7. The van der Waals surface area contributed by atoms with Gasteiger partial charge in [-0.05, 0) is 63.7 Å². The lowest BCUT2D eigenvalue weighted by molar-refractivity contribution is -0.131. The van der Waals surface area contributed by atoms with Crippen LogP contribution in [-0.4, -0.2) is 84.1 Å². The number of carbonyl (C=O) groups is 1. The summed E-state index contributed by atoms with van der Waals surface area (Å²) in [5.41, 5.74) is 4.58. The molecule has 3 aromatic rings. The lowest BCUT2D eigenvalue weighted by Gasteiger charge is -2.41. The predicted octanol–water partition coefficient (Wildman–Crippen LogP) is 4.49. The molecule has 2 fully saturated rings. The minimum Gasteiger partial charge on any atom is -0.462 e. The molecule has 0 N–H and O–H groups in total. The largest absolute Gasteiger partial charge is 0.462 e. The van der Waals surface area contributed by atoms with Crippen LogP contribution in [0.25, 0.3) is 10.8 Å². The second-order valence-corrected chi connectivity index (χ2v) is 11.7. The van der Waals surface area contributed by atoms with Crippen molar-refractivity contribution in [1.82, 2.24) is 19.8 Å². The van der Waals surface area contributed by atoms with Crippen LogP contribution in [0.1, 0.15) is 36.6 Å². The van der Waals surface area contributed by atoms with Crippen molar-refractivity contribution in [3.63, 3.8) is 0 Å². The summed E-state index contributed by atoms with van der Waals surface area (Å²) >= 11 is 0. The fourth-order valence-corrected chi connectivity index (χ4v) is 6.66. The zero-order valence-electron chi connectivity index (χ0n) is 24.3. The van der Waals surface area contributed by atoms with Crippen molar-refractivity contribution in [2.75, 3.05) is 56.2 Å². The summed E-state index contributed by atoms with van der Waals surface area (Å²) in [6.07, 6.45) is 3.08. The molecule has 41 heavy (non-hydrogen) atoms. The van der Waals surface area contributed by atoms with Gasteiger partial charge >= 0.3 is 6.01 Å². The molecule has 0 bridgehead atoms. The van der Waals surface area contributed by atoms with Crippen molar-refractivity contribution in [2.45, 2.75) is 51.7 Å². The molecule has 9 heteroatoms. The fourth-order valence-electron chi connectivity index (χ4n) is 6.66. The Balaban J connectivity index is 1.32. The Hall–Kier alpha value is -3.72. The smallest absolute Gasteiger partial charge is 0.318 e. The highest BCUT2D eigenvalue weighted by Gasteiger charge is 2.33. The molecule has 3 aliphatic heterocycles. The molecule has 0 spiro atoms. The highest BCUT2D eigenvalue weighted by atomic mass is 19.1. The third-order valence-corrected chi connectivity index (χ3v) is 8.95. The number of anilines is 2. The number of hydrogen-bond donors (Lipinski definition) is 0. The molecule has 3 aliphatic rings. The molecular formula is C32H39FN6O2. The van der Waals surface area contributed by atoms with E-state index in [2.05, 4.69) is 71.6 Å². The van der Waals surface area contributed by atoms with Crippen LogP contribution in [0.4, 0.5) is 15.9 Å². The van der Waals surface area contributed by atoms with Crippen molar-refractivity contribution in [3.05, 3.63) is 65.6 Å². The lowest BCUT2D eigenvalue weighted by Crippen LogP contribution is -2.54. The summed E-state index contributed by atoms with van der Waals surface area (Å²) < 4.78 is 19.9.